The fourth-order valence-corrected chi connectivity index (χ4v) is 1.30. The highest BCUT2D eigenvalue weighted by Gasteiger charge is 2.28. The van der Waals surface area contributed by atoms with Crippen LogP contribution in [0.25, 0.3) is 0 Å². The van der Waals surface area contributed by atoms with Crippen LogP contribution in [-0.2, 0) is 17.9 Å². The summed E-state index contributed by atoms with van der Waals surface area (Å²) in [6.07, 6.45) is 2.33. The van der Waals surface area contributed by atoms with Crippen LogP contribution in [0.4, 0.5) is 0 Å². The van der Waals surface area contributed by atoms with Crippen molar-refractivity contribution in [3.05, 3.63) is 11.9 Å². The molecule has 1 rings (SSSR count). The van der Waals surface area contributed by atoms with Gasteiger partial charge < -0.3 is 10.8 Å². The number of primary amides is 1. The molecule has 0 fully saturated rings. The van der Waals surface area contributed by atoms with E-state index in [2.05, 4.69) is 15.6 Å². The van der Waals surface area contributed by atoms with Crippen LogP contribution in [0, 0.1) is 0 Å². The summed E-state index contributed by atoms with van der Waals surface area (Å²) in [5.74, 6) is -0.386. The van der Waals surface area contributed by atoms with Gasteiger partial charge in [0.15, 0.2) is 0 Å². The number of aliphatic hydroxyl groups is 1. The van der Waals surface area contributed by atoms with Gasteiger partial charge >= 0.3 is 0 Å². The van der Waals surface area contributed by atoms with Crippen molar-refractivity contribution in [3.8, 4) is 0 Å². The number of hydrogen-bond donors (Lipinski definition) is 3. The van der Waals surface area contributed by atoms with Gasteiger partial charge in [-0.3, -0.25) is 10.1 Å². The van der Waals surface area contributed by atoms with Gasteiger partial charge in [0.05, 0.1) is 24.4 Å². The van der Waals surface area contributed by atoms with Crippen LogP contribution in [0.5, 0.6) is 0 Å². The fraction of sp³-hybridized carbons (Fsp3) is 0.700. The molecule has 0 spiro atoms. The van der Waals surface area contributed by atoms with Crippen molar-refractivity contribution in [2.24, 2.45) is 5.73 Å². The molecule has 0 aliphatic heterocycles. The van der Waals surface area contributed by atoms with Crippen LogP contribution in [0.15, 0.2) is 6.20 Å². The van der Waals surface area contributed by atoms with E-state index in [9.17, 15) is 4.79 Å². The summed E-state index contributed by atoms with van der Waals surface area (Å²) in [6.45, 7) is 4.49. The molecule has 0 aliphatic rings. The van der Waals surface area contributed by atoms with Crippen LogP contribution in [0.2, 0.25) is 0 Å². The summed E-state index contributed by atoms with van der Waals surface area (Å²) in [6, 6.07) is 0. The van der Waals surface area contributed by atoms with Crippen molar-refractivity contribution < 1.29 is 9.90 Å². The molecule has 0 bridgehead atoms. The Balaban J connectivity index is 2.56. The quantitative estimate of drug-likeness (QED) is 0.568. The molecular weight excluding hydrogens is 222 g/mol. The first-order chi connectivity index (χ1) is 8.01. The minimum absolute atomic E-state index is 0.0180. The number of amides is 1. The van der Waals surface area contributed by atoms with Gasteiger partial charge in [0.25, 0.3) is 0 Å². The Morgan fingerprint density at radius 3 is 2.94 bits per heavy atom. The van der Waals surface area contributed by atoms with Crippen molar-refractivity contribution in [3.63, 3.8) is 0 Å². The zero-order valence-corrected chi connectivity index (χ0v) is 10.2. The molecule has 1 aromatic heterocycles. The van der Waals surface area contributed by atoms with Gasteiger partial charge in [-0.1, -0.05) is 12.1 Å². The second-order valence-electron chi connectivity index (χ2n) is 4.10. The Morgan fingerprint density at radius 1 is 1.71 bits per heavy atom. The van der Waals surface area contributed by atoms with Crippen LogP contribution >= 0.6 is 0 Å². The van der Waals surface area contributed by atoms with E-state index in [0.717, 1.165) is 0 Å². The molecule has 0 saturated heterocycles. The molecule has 1 amide bonds. The zero-order valence-electron chi connectivity index (χ0n) is 10.2. The van der Waals surface area contributed by atoms with E-state index in [0.29, 0.717) is 25.2 Å². The molecule has 0 aliphatic carbocycles. The second kappa shape index (κ2) is 5.74. The lowest BCUT2D eigenvalue weighted by Gasteiger charge is -2.25. The van der Waals surface area contributed by atoms with Gasteiger partial charge in [-0.15, -0.1) is 5.10 Å². The molecule has 1 aromatic rings. The van der Waals surface area contributed by atoms with E-state index in [1.54, 1.807) is 17.8 Å². The Hall–Kier alpha value is -1.47. The van der Waals surface area contributed by atoms with Crippen molar-refractivity contribution in [1.82, 2.24) is 20.3 Å². The molecule has 7 nitrogen and oxygen atoms in total. The number of carbonyl (C=O) groups excluding carboxylic acids is 1. The van der Waals surface area contributed by atoms with Gasteiger partial charge in [-0.2, -0.15) is 0 Å². The summed E-state index contributed by atoms with van der Waals surface area (Å²) in [5.41, 5.74) is 5.30. The van der Waals surface area contributed by atoms with Crippen LogP contribution in [0.1, 0.15) is 26.0 Å². The number of rotatable bonds is 7. The van der Waals surface area contributed by atoms with Crippen molar-refractivity contribution in [2.75, 3.05) is 6.61 Å². The van der Waals surface area contributed by atoms with E-state index in [1.165, 1.54) is 0 Å². The predicted octanol–water partition coefficient (Wildman–Crippen LogP) is -0.986. The van der Waals surface area contributed by atoms with Crippen molar-refractivity contribution in [2.45, 2.75) is 38.9 Å². The molecule has 4 N–H and O–H groups in total. The van der Waals surface area contributed by atoms with Gasteiger partial charge in [0.2, 0.25) is 5.91 Å². The number of hydrogen-bond acceptors (Lipinski definition) is 5. The number of nitrogens with zero attached hydrogens (tertiary/aromatic N) is 3. The van der Waals surface area contributed by atoms with Crippen molar-refractivity contribution >= 4 is 5.91 Å². The van der Waals surface area contributed by atoms with Gasteiger partial charge in [-0.05, 0) is 13.3 Å². The van der Waals surface area contributed by atoms with E-state index in [-0.39, 0.29) is 12.5 Å². The summed E-state index contributed by atoms with van der Waals surface area (Å²) < 4.78 is 1.55. The maximum atomic E-state index is 11.3. The van der Waals surface area contributed by atoms with Gasteiger partial charge in [-0.25, -0.2) is 4.68 Å². The minimum atomic E-state index is -0.735. The fourth-order valence-electron chi connectivity index (χ4n) is 1.30. The minimum Gasteiger partial charge on any atom is -0.394 e. The smallest absolute Gasteiger partial charge is 0.237 e. The first-order valence-electron chi connectivity index (χ1n) is 5.56. The molecule has 7 heteroatoms. The third kappa shape index (κ3) is 3.50. The summed E-state index contributed by atoms with van der Waals surface area (Å²) in [5, 5.41) is 19.5. The average molecular weight is 241 g/mol. The molecular formula is C10H19N5O2. The largest absolute Gasteiger partial charge is 0.394 e. The van der Waals surface area contributed by atoms with E-state index in [4.69, 9.17) is 10.8 Å². The molecule has 0 saturated carbocycles. The number of aromatic nitrogens is 3. The molecule has 0 radical (unpaired) electrons. The van der Waals surface area contributed by atoms with Gasteiger partial charge in [0.1, 0.15) is 0 Å². The van der Waals surface area contributed by atoms with Gasteiger partial charge in [0, 0.05) is 12.7 Å². The summed E-state index contributed by atoms with van der Waals surface area (Å²) in [7, 11) is 0. The SMILES string of the molecule is CCC(C)(NCc1cn(CCO)nn1)C(N)=O. The highest BCUT2D eigenvalue weighted by atomic mass is 16.3. The van der Waals surface area contributed by atoms with Crippen LogP contribution in [-0.4, -0.2) is 38.2 Å². The lowest BCUT2D eigenvalue weighted by molar-refractivity contribution is -0.124. The van der Waals surface area contributed by atoms with E-state index < -0.39 is 5.54 Å². The molecule has 1 unspecified atom stereocenters. The second-order valence-corrected chi connectivity index (χ2v) is 4.10. The first-order valence-corrected chi connectivity index (χ1v) is 5.56. The van der Waals surface area contributed by atoms with Crippen LogP contribution < -0.4 is 11.1 Å². The van der Waals surface area contributed by atoms with E-state index in [1.807, 2.05) is 6.92 Å². The molecule has 96 valence electrons. The maximum absolute atomic E-state index is 11.3. The summed E-state index contributed by atoms with van der Waals surface area (Å²) >= 11 is 0. The van der Waals surface area contributed by atoms with E-state index >= 15 is 0 Å². The van der Waals surface area contributed by atoms with Crippen LogP contribution in [0.3, 0.4) is 0 Å². The predicted molar refractivity (Wildman–Crippen MR) is 61.8 cm³/mol. The Labute approximate surface area is 100.0 Å². The highest BCUT2D eigenvalue weighted by Crippen LogP contribution is 2.09. The Morgan fingerprint density at radius 2 is 2.41 bits per heavy atom. The monoisotopic (exact) mass is 241 g/mol. The number of nitrogens with one attached hydrogen (secondary N) is 1. The number of carbonyl (C=O) groups is 1. The zero-order chi connectivity index (χ0) is 12.9. The Bertz CT molecular complexity index is 379. The number of aliphatic hydroxyl groups excluding tert-OH is 1. The molecule has 0 aromatic carbocycles. The third-order valence-corrected chi connectivity index (χ3v) is 2.83. The lowest BCUT2D eigenvalue weighted by atomic mass is 9.98. The normalized spacial score (nSPS) is 14.5. The van der Waals surface area contributed by atoms with Crippen molar-refractivity contribution in [1.29, 1.82) is 0 Å². The first kappa shape index (κ1) is 13.6. The standard InChI is InChI=1S/C10H19N5O2/c1-3-10(2,9(11)17)12-6-8-7-15(4-5-16)14-13-8/h7,12,16H,3-6H2,1-2H3,(H2,11,17). The molecule has 1 atom stereocenters. The highest BCUT2D eigenvalue weighted by molar-refractivity contribution is 5.84. The molecule has 1 heterocycles. The summed E-state index contributed by atoms with van der Waals surface area (Å²) in [4.78, 5) is 11.3. The lowest BCUT2D eigenvalue weighted by Crippen LogP contribution is -2.52. The molecule has 17 heavy (non-hydrogen) atoms. The maximum Gasteiger partial charge on any atom is 0.237 e. The third-order valence-electron chi connectivity index (χ3n) is 2.83. The Kier molecular flexibility index (Phi) is 4.59. The average Bonchev–Trinajstić information content (AvgIpc) is 2.74. The topological polar surface area (TPSA) is 106 Å². The number of nitrogens with two attached hydrogens (primary N) is 1.